The number of aromatic nitrogens is 5. The summed E-state index contributed by atoms with van der Waals surface area (Å²) in [5.74, 6) is 0.664. The fraction of sp³-hybridized carbons (Fsp3) is 0.357. The Morgan fingerprint density at radius 3 is 2.95 bits per heavy atom. The highest BCUT2D eigenvalue weighted by atomic mass is 19.1. The van der Waals surface area contributed by atoms with E-state index in [0.29, 0.717) is 45.9 Å². The van der Waals surface area contributed by atoms with Gasteiger partial charge in [-0.2, -0.15) is 0 Å². The number of benzene rings is 2. The van der Waals surface area contributed by atoms with Crippen molar-refractivity contribution in [3.8, 4) is 22.8 Å². The summed E-state index contributed by atoms with van der Waals surface area (Å²) >= 11 is 0. The minimum Gasteiger partial charge on any atom is -0.488 e. The molecule has 4 aromatic rings. The molecule has 38 heavy (non-hydrogen) atoms. The Morgan fingerprint density at radius 1 is 1.26 bits per heavy atom. The molecule has 0 spiro atoms. The molecule has 6 rings (SSSR count). The zero-order valence-corrected chi connectivity index (χ0v) is 21.2. The van der Waals surface area contributed by atoms with E-state index in [9.17, 15) is 9.18 Å². The summed E-state index contributed by atoms with van der Waals surface area (Å²) in [5, 5.41) is 10.8. The van der Waals surface area contributed by atoms with Crippen LogP contribution in [0.3, 0.4) is 0 Å². The summed E-state index contributed by atoms with van der Waals surface area (Å²) in [5.41, 5.74) is 3.20. The Balaban J connectivity index is 1.29. The van der Waals surface area contributed by atoms with Gasteiger partial charge in [0.25, 0.3) is 5.91 Å². The zero-order chi connectivity index (χ0) is 26.4. The van der Waals surface area contributed by atoms with Crippen molar-refractivity contribution in [2.24, 2.45) is 5.92 Å². The molecule has 8 nitrogen and oxygen atoms in total. The van der Waals surface area contributed by atoms with Crippen molar-refractivity contribution in [3.63, 3.8) is 0 Å². The monoisotopic (exact) mass is 518 g/mol. The van der Waals surface area contributed by atoms with Crippen LogP contribution in [0.1, 0.15) is 59.8 Å². The smallest absolute Gasteiger partial charge is 0.258 e. The van der Waals surface area contributed by atoms with Crippen molar-refractivity contribution < 1.29 is 18.3 Å². The average Bonchev–Trinajstić information content (AvgIpc) is 3.29. The number of alkyl halides is 1. The van der Waals surface area contributed by atoms with E-state index in [1.807, 2.05) is 10.8 Å². The van der Waals surface area contributed by atoms with E-state index in [4.69, 9.17) is 4.74 Å². The van der Waals surface area contributed by atoms with Gasteiger partial charge in [-0.15, -0.1) is 10.2 Å². The number of carbonyl (C=O) groups is 1. The molecule has 1 amide bonds. The number of carbonyl (C=O) groups excluding carboxylic acids is 1. The van der Waals surface area contributed by atoms with Gasteiger partial charge in [0.15, 0.2) is 11.6 Å². The van der Waals surface area contributed by atoms with Crippen LogP contribution in [0.4, 0.5) is 14.5 Å². The molecule has 2 unspecified atom stereocenters. The van der Waals surface area contributed by atoms with Gasteiger partial charge in [0, 0.05) is 12.1 Å². The number of para-hydroxylation sites is 1. The third-order valence-electron chi connectivity index (χ3n) is 7.44. The first-order valence-corrected chi connectivity index (χ1v) is 12.9. The van der Waals surface area contributed by atoms with Crippen LogP contribution in [-0.4, -0.2) is 43.5 Å². The number of imidazole rings is 1. The average molecular weight is 519 g/mol. The number of amides is 1. The van der Waals surface area contributed by atoms with E-state index in [2.05, 4.69) is 27.4 Å². The summed E-state index contributed by atoms with van der Waals surface area (Å²) in [6.45, 7) is 3.37. The van der Waals surface area contributed by atoms with Crippen molar-refractivity contribution in [2.75, 3.05) is 18.6 Å². The molecule has 1 fully saturated rings. The fourth-order valence-electron chi connectivity index (χ4n) is 5.31. The predicted octanol–water partition coefficient (Wildman–Crippen LogP) is 5.64. The number of hydrogen-bond donors (Lipinski definition) is 1. The number of halogens is 2. The Hall–Kier alpha value is -4.08. The maximum Gasteiger partial charge on any atom is 0.258 e. The maximum absolute atomic E-state index is 15.1. The van der Waals surface area contributed by atoms with Gasteiger partial charge < -0.3 is 19.2 Å². The standard InChI is InChI=1S/C28H28F2N6O2/c1-3-5-17-9-20(17)24-12-35(14-31-24)25-10-21(22(30)8-16(25)2)28(37)33-23-7-4-6-19-26(23)38-13-18(11-29)36-15-32-34-27(19)36/h4,6-8,10,12,14-15,17-18,20H,3,5,9,11,13H2,1-2H3,(H,33,37)/t17?,18-,20?/m0/s1. The molecule has 2 aromatic carbocycles. The van der Waals surface area contributed by atoms with E-state index >= 15 is 4.39 Å². The summed E-state index contributed by atoms with van der Waals surface area (Å²) in [7, 11) is 0. The number of nitrogens with one attached hydrogen (secondary N) is 1. The van der Waals surface area contributed by atoms with Crippen molar-refractivity contribution in [3.05, 3.63) is 71.8 Å². The molecule has 3 atom stereocenters. The first-order chi connectivity index (χ1) is 18.5. The molecular formula is C28H28F2N6O2. The van der Waals surface area contributed by atoms with Crippen molar-refractivity contribution in [2.45, 2.75) is 45.1 Å². The van der Waals surface area contributed by atoms with Gasteiger partial charge >= 0.3 is 0 Å². The molecule has 3 heterocycles. The summed E-state index contributed by atoms with van der Waals surface area (Å²) in [6.07, 6.45) is 8.65. The van der Waals surface area contributed by atoms with Crippen LogP contribution in [0.5, 0.6) is 5.75 Å². The maximum atomic E-state index is 15.1. The van der Waals surface area contributed by atoms with Gasteiger partial charge in [0.2, 0.25) is 0 Å². The topological polar surface area (TPSA) is 86.9 Å². The van der Waals surface area contributed by atoms with E-state index in [1.165, 1.54) is 18.8 Å². The lowest BCUT2D eigenvalue weighted by Crippen LogP contribution is -2.18. The van der Waals surface area contributed by atoms with Crippen molar-refractivity contribution in [1.82, 2.24) is 24.3 Å². The molecule has 2 aliphatic rings. The molecule has 2 aromatic heterocycles. The van der Waals surface area contributed by atoms with Crippen molar-refractivity contribution >= 4 is 11.6 Å². The van der Waals surface area contributed by atoms with Gasteiger partial charge in [-0.3, -0.25) is 4.79 Å². The molecule has 0 radical (unpaired) electrons. The highest BCUT2D eigenvalue weighted by Crippen LogP contribution is 2.49. The number of fused-ring (bicyclic) bond motifs is 3. The Labute approximate surface area is 218 Å². The fourth-order valence-corrected chi connectivity index (χ4v) is 5.31. The van der Waals surface area contributed by atoms with Gasteiger partial charge in [-0.05, 0) is 49.1 Å². The Morgan fingerprint density at radius 2 is 2.13 bits per heavy atom. The minimum atomic E-state index is -0.659. The van der Waals surface area contributed by atoms with Gasteiger partial charge in [-0.1, -0.05) is 25.8 Å². The van der Waals surface area contributed by atoms with Crippen LogP contribution in [-0.2, 0) is 0 Å². The van der Waals surface area contributed by atoms with E-state index < -0.39 is 24.4 Å². The van der Waals surface area contributed by atoms with E-state index in [1.54, 1.807) is 42.1 Å². The second-order valence-corrected chi connectivity index (χ2v) is 10.0. The second-order valence-electron chi connectivity index (χ2n) is 10.0. The SMILES string of the molecule is CCCC1CC1c1cn(-c2cc(C(=O)Nc3cccc4c3OC[C@H](CF)n3cnnc3-4)c(F)cc2C)cn1. The highest BCUT2D eigenvalue weighted by molar-refractivity contribution is 6.06. The molecule has 0 saturated heterocycles. The lowest BCUT2D eigenvalue weighted by Gasteiger charge is -2.15. The van der Waals surface area contributed by atoms with Crippen molar-refractivity contribution in [1.29, 1.82) is 0 Å². The molecule has 0 bridgehead atoms. The first kappa shape index (κ1) is 24.3. The number of anilines is 1. The second kappa shape index (κ2) is 9.66. The Kier molecular flexibility index (Phi) is 6.17. The minimum absolute atomic E-state index is 0.0353. The molecule has 1 aliphatic heterocycles. The van der Waals surface area contributed by atoms with Crippen LogP contribution in [0, 0.1) is 18.7 Å². The highest BCUT2D eigenvalue weighted by Gasteiger charge is 2.39. The predicted molar refractivity (Wildman–Crippen MR) is 138 cm³/mol. The molecule has 1 saturated carbocycles. The third kappa shape index (κ3) is 4.23. The molecular weight excluding hydrogens is 490 g/mol. The Bertz CT molecular complexity index is 1510. The van der Waals surface area contributed by atoms with Gasteiger partial charge in [-0.25, -0.2) is 13.8 Å². The lowest BCUT2D eigenvalue weighted by atomic mass is 10.1. The number of rotatable bonds is 7. The van der Waals surface area contributed by atoms with Crippen LogP contribution in [0.25, 0.3) is 17.1 Å². The number of hydrogen-bond acceptors (Lipinski definition) is 5. The summed E-state index contributed by atoms with van der Waals surface area (Å²) in [4.78, 5) is 17.9. The summed E-state index contributed by atoms with van der Waals surface area (Å²) < 4.78 is 38.1. The van der Waals surface area contributed by atoms with Crippen LogP contribution in [0.15, 0.2) is 49.2 Å². The van der Waals surface area contributed by atoms with E-state index in [0.717, 1.165) is 18.5 Å². The van der Waals surface area contributed by atoms with Gasteiger partial charge in [0.1, 0.15) is 25.4 Å². The van der Waals surface area contributed by atoms with Gasteiger partial charge in [0.05, 0.1) is 40.6 Å². The zero-order valence-electron chi connectivity index (χ0n) is 21.2. The lowest BCUT2D eigenvalue weighted by molar-refractivity contribution is 0.102. The molecule has 10 heteroatoms. The molecule has 1 N–H and O–H groups in total. The normalized spacial score (nSPS) is 19.7. The van der Waals surface area contributed by atoms with Crippen LogP contribution < -0.4 is 10.1 Å². The van der Waals surface area contributed by atoms with E-state index in [-0.39, 0.29) is 12.2 Å². The number of nitrogens with zero attached hydrogens (tertiary/aromatic N) is 5. The largest absolute Gasteiger partial charge is 0.488 e. The molecule has 1 aliphatic carbocycles. The molecule has 196 valence electrons. The van der Waals surface area contributed by atoms with Crippen LogP contribution in [0.2, 0.25) is 0 Å². The first-order valence-electron chi connectivity index (χ1n) is 12.9. The summed E-state index contributed by atoms with van der Waals surface area (Å²) in [6, 6.07) is 7.45. The number of ether oxygens (including phenoxy) is 1. The third-order valence-corrected chi connectivity index (χ3v) is 7.44. The quantitative estimate of drug-likeness (QED) is 0.342. The number of aryl methyl sites for hydroxylation is 1. The van der Waals surface area contributed by atoms with Crippen LogP contribution >= 0.6 is 0 Å².